The number of amidine groups is 1. The van der Waals surface area contributed by atoms with Gasteiger partial charge < -0.3 is 15.2 Å². The van der Waals surface area contributed by atoms with Crippen LogP contribution in [-0.4, -0.2) is 28.8 Å². The van der Waals surface area contributed by atoms with Gasteiger partial charge in [0.1, 0.15) is 12.4 Å². The van der Waals surface area contributed by atoms with Crippen molar-refractivity contribution in [2.75, 3.05) is 6.61 Å². The minimum absolute atomic E-state index is 0.144. The van der Waals surface area contributed by atoms with Crippen LogP contribution in [0.2, 0.25) is 0 Å². The minimum atomic E-state index is -1.02. The van der Waals surface area contributed by atoms with Gasteiger partial charge in [-0.3, -0.25) is 4.79 Å². The number of nitrogens with zero attached hydrogens (tertiary/aromatic N) is 1. The molecule has 0 unspecified atom stereocenters. The van der Waals surface area contributed by atoms with Crippen molar-refractivity contribution < 1.29 is 19.4 Å². The third kappa shape index (κ3) is 3.78. The van der Waals surface area contributed by atoms with E-state index in [0.717, 1.165) is 16.9 Å². The van der Waals surface area contributed by atoms with Crippen LogP contribution in [0.15, 0.2) is 70.1 Å². The average molecular weight is 378 g/mol. The molecule has 2 aromatic rings. The fourth-order valence-corrected chi connectivity index (χ4v) is 3.55. The molecule has 4 rings (SSSR count). The number of aliphatic imine (C=N–C) groups is 1. The molecule has 1 amide bonds. The van der Waals surface area contributed by atoms with Gasteiger partial charge in [0.15, 0.2) is 5.17 Å². The quantitative estimate of drug-likeness (QED) is 0.797. The van der Waals surface area contributed by atoms with Gasteiger partial charge in [0, 0.05) is 5.56 Å². The molecule has 2 aliphatic heterocycles. The second kappa shape index (κ2) is 7.13. The van der Waals surface area contributed by atoms with Crippen LogP contribution in [0.1, 0.15) is 15.9 Å². The molecule has 0 aromatic heterocycles. The summed E-state index contributed by atoms with van der Waals surface area (Å²) in [4.78, 5) is 28.1. The molecule has 0 atom stereocenters. The maximum absolute atomic E-state index is 12.2. The molecule has 2 N–H and O–H groups in total. The van der Waals surface area contributed by atoms with Crippen LogP contribution in [0.4, 0.5) is 5.69 Å². The van der Waals surface area contributed by atoms with Crippen LogP contribution in [-0.2, 0) is 4.79 Å². The average Bonchev–Trinajstić information content (AvgIpc) is 3.00. The number of carboxylic acid groups (broad SMARTS) is 1. The van der Waals surface area contributed by atoms with Gasteiger partial charge in [-0.15, -0.1) is 0 Å². The van der Waals surface area contributed by atoms with Gasteiger partial charge in [-0.1, -0.05) is 24.3 Å². The molecule has 6 nitrogen and oxygen atoms in total. The second-order valence-corrected chi connectivity index (χ2v) is 6.91. The fourth-order valence-electron chi connectivity index (χ4n) is 2.69. The van der Waals surface area contributed by atoms with E-state index >= 15 is 0 Å². The van der Waals surface area contributed by atoms with E-state index in [1.807, 2.05) is 30.3 Å². The Morgan fingerprint density at radius 1 is 1.22 bits per heavy atom. The van der Waals surface area contributed by atoms with Crippen molar-refractivity contribution in [3.63, 3.8) is 0 Å². The number of carboxylic acids is 1. The molecule has 0 aliphatic carbocycles. The smallest absolute Gasteiger partial charge is 0.335 e. The molecule has 2 aromatic carbocycles. The zero-order chi connectivity index (χ0) is 18.8. The maximum atomic E-state index is 12.2. The van der Waals surface area contributed by atoms with Gasteiger partial charge in [-0.05, 0) is 53.8 Å². The van der Waals surface area contributed by atoms with Crippen molar-refractivity contribution in [1.82, 2.24) is 5.32 Å². The summed E-state index contributed by atoms with van der Waals surface area (Å²) in [5.41, 5.74) is 2.47. The monoisotopic (exact) mass is 378 g/mol. The van der Waals surface area contributed by atoms with Gasteiger partial charge in [-0.25, -0.2) is 9.79 Å². The third-order valence-electron chi connectivity index (χ3n) is 3.95. The number of hydrogen-bond donors (Lipinski definition) is 2. The topological polar surface area (TPSA) is 88.0 Å². The Hall–Kier alpha value is -3.32. The van der Waals surface area contributed by atoms with E-state index in [4.69, 9.17) is 9.84 Å². The molecule has 7 heteroatoms. The molecule has 1 fully saturated rings. The molecule has 0 radical (unpaired) electrons. The number of thioether (sulfide) groups is 1. The highest BCUT2D eigenvalue weighted by molar-refractivity contribution is 8.18. The third-order valence-corrected chi connectivity index (χ3v) is 4.86. The van der Waals surface area contributed by atoms with Crippen molar-refractivity contribution >= 4 is 40.6 Å². The highest BCUT2D eigenvalue weighted by atomic mass is 32.2. The molecule has 2 aliphatic rings. The molecular weight excluding hydrogens is 364 g/mol. The van der Waals surface area contributed by atoms with Crippen LogP contribution in [0.3, 0.4) is 0 Å². The molecular formula is C20H14N2O4S. The Kier molecular flexibility index (Phi) is 4.52. The van der Waals surface area contributed by atoms with Crippen molar-refractivity contribution in [3.8, 4) is 5.75 Å². The lowest BCUT2D eigenvalue weighted by molar-refractivity contribution is -0.115. The molecule has 1 saturated heterocycles. The largest absolute Gasteiger partial charge is 0.488 e. The summed E-state index contributed by atoms with van der Waals surface area (Å²) in [6.07, 6.45) is 3.78. The van der Waals surface area contributed by atoms with E-state index in [1.54, 1.807) is 18.2 Å². The predicted octanol–water partition coefficient (Wildman–Crippen LogP) is 3.60. The van der Waals surface area contributed by atoms with E-state index in [9.17, 15) is 9.59 Å². The Balaban J connectivity index is 1.56. The minimum Gasteiger partial charge on any atom is -0.488 e. The SMILES string of the molecule is O=C1NC(=Nc2cccc(C(=O)O)c2)S/C1=C\C1=Cc2ccccc2OC1. The van der Waals surface area contributed by atoms with E-state index < -0.39 is 5.97 Å². The number of rotatable bonds is 3. The Morgan fingerprint density at radius 2 is 2.07 bits per heavy atom. The number of carbonyl (C=O) groups excluding carboxylic acids is 1. The van der Waals surface area contributed by atoms with Crippen LogP contribution < -0.4 is 10.1 Å². The molecule has 27 heavy (non-hydrogen) atoms. The number of amides is 1. The van der Waals surface area contributed by atoms with E-state index in [-0.39, 0.29) is 11.5 Å². The standard InChI is InChI=1S/C20H14N2O4S/c23-18-17(9-12-8-13-4-1-2-7-16(13)26-11-12)27-20(22-18)21-15-6-3-5-14(10-15)19(24)25/h1-10H,11H2,(H,24,25)(H,21,22,23)/b17-9-. The number of aromatic carboxylic acids is 1. The number of ether oxygens (including phenoxy) is 1. The maximum Gasteiger partial charge on any atom is 0.335 e. The summed E-state index contributed by atoms with van der Waals surface area (Å²) in [6, 6.07) is 14.0. The predicted molar refractivity (Wildman–Crippen MR) is 104 cm³/mol. The van der Waals surface area contributed by atoms with Crippen molar-refractivity contribution in [3.05, 3.63) is 76.2 Å². The Bertz CT molecular complexity index is 1040. The highest BCUT2D eigenvalue weighted by Gasteiger charge is 2.24. The lowest BCUT2D eigenvalue weighted by atomic mass is 10.1. The number of benzene rings is 2. The first-order chi connectivity index (χ1) is 13.1. The van der Waals surface area contributed by atoms with E-state index in [1.165, 1.54) is 23.9 Å². The van der Waals surface area contributed by atoms with Crippen molar-refractivity contribution in [1.29, 1.82) is 0 Å². The Labute approximate surface area is 159 Å². The van der Waals surface area contributed by atoms with Gasteiger partial charge in [-0.2, -0.15) is 0 Å². The van der Waals surface area contributed by atoms with Crippen LogP contribution >= 0.6 is 11.8 Å². The van der Waals surface area contributed by atoms with Crippen LogP contribution in [0, 0.1) is 0 Å². The lowest BCUT2D eigenvalue weighted by Crippen LogP contribution is -2.19. The van der Waals surface area contributed by atoms with Crippen LogP contribution in [0.5, 0.6) is 5.75 Å². The molecule has 0 spiro atoms. The summed E-state index contributed by atoms with van der Waals surface area (Å²) in [5, 5.41) is 12.2. The summed E-state index contributed by atoms with van der Waals surface area (Å²) in [7, 11) is 0. The molecule has 134 valence electrons. The molecule has 0 bridgehead atoms. The summed E-state index contributed by atoms with van der Waals surface area (Å²) < 4.78 is 5.70. The first kappa shape index (κ1) is 17.1. The van der Waals surface area contributed by atoms with Crippen molar-refractivity contribution in [2.45, 2.75) is 0 Å². The first-order valence-corrected chi connectivity index (χ1v) is 8.95. The number of para-hydroxylation sites is 1. The lowest BCUT2D eigenvalue weighted by Gasteiger charge is -2.15. The number of carbonyl (C=O) groups is 2. The van der Waals surface area contributed by atoms with Crippen LogP contribution in [0.25, 0.3) is 6.08 Å². The van der Waals surface area contributed by atoms with Gasteiger partial charge in [0.2, 0.25) is 0 Å². The zero-order valence-electron chi connectivity index (χ0n) is 14.0. The number of hydrogen-bond acceptors (Lipinski definition) is 5. The Morgan fingerprint density at radius 3 is 2.93 bits per heavy atom. The van der Waals surface area contributed by atoms with Gasteiger partial charge in [0.25, 0.3) is 5.91 Å². The van der Waals surface area contributed by atoms with E-state index in [0.29, 0.717) is 22.4 Å². The van der Waals surface area contributed by atoms with Crippen molar-refractivity contribution in [2.24, 2.45) is 4.99 Å². The number of fused-ring (bicyclic) bond motifs is 1. The molecule has 0 saturated carbocycles. The first-order valence-electron chi connectivity index (χ1n) is 8.14. The highest BCUT2D eigenvalue weighted by Crippen LogP contribution is 2.31. The second-order valence-electron chi connectivity index (χ2n) is 5.88. The fraction of sp³-hybridized carbons (Fsp3) is 0.0500. The van der Waals surface area contributed by atoms with Gasteiger partial charge in [0.05, 0.1) is 16.2 Å². The summed E-state index contributed by atoms with van der Waals surface area (Å²) >= 11 is 1.21. The summed E-state index contributed by atoms with van der Waals surface area (Å²) in [6.45, 7) is 0.390. The normalized spacial score (nSPS) is 18.7. The number of nitrogens with one attached hydrogen (secondary N) is 1. The summed E-state index contributed by atoms with van der Waals surface area (Å²) in [5.74, 6) is -0.443. The van der Waals surface area contributed by atoms with Gasteiger partial charge >= 0.3 is 5.97 Å². The molecule has 2 heterocycles. The van der Waals surface area contributed by atoms with E-state index in [2.05, 4.69) is 10.3 Å². The zero-order valence-corrected chi connectivity index (χ0v) is 14.8.